The summed E-state index contributed by atoms with van der Waals surface area (Å²) in [7, 11) is 0. The van der Waals surface area contributed by atoms with E-state index >= 15 is 0 Å². The number of urea groups is 1. The van der Waals surface area contributed by atoms with Crippen LogP contribution in [0.4, 0.5) is 4.79 Å². The molecule has 1 aromatic rings. The number of nitrogens with one attached hydrogen (secondary N) is 1. The second kappa shape index (κ2) is 4.71. The number of benzene rings is 1. The first-order valence-corrected chi connectivity index (χ1v) is 7.46. The zero-order valence-electron chi connectivity index (χ0n) is 11.4. The quantitative estimate of drug-likeness (QED) is 0.897. The number of halogens is 2. The number of hydrogen-bond donors (Lipinski definition) is 1. The van der Waals surface area contributed by atoms with Crippen molar-refractivity contribution in [2.75, 3.05) is 6.54 Å². The monoisotopic (exact) mass is 314 g/mol. The van der Waals surface area contributed by atoms with Gasteiger partial charge in [-0.25, -0.2) is 4.79 Å². The number of carbonyl (C=O) groups is 1. The maximum atomic E-state index is 12.3. The van der Waals surface area contributed by atoms with E-state index in [1.807, 2.05) is 19.9 Å². The molecule has 2 bridgehead atoms. The predicted molar refractivity (Wildman–Crippen MR) is 78.4 cm³/mol. The topological polar surface area (TPSA) is 41.6 Å². The summed E-state index contributed by atoms with van der Waals surface area (Å²) in [4.78, 5) is 14.0. The molecule has 1 saturated heterocycles. The summed E-state index contributed by atoms with van der Waals surface area (Å²) in [5.74, 6) is 0.621. The molecule has 1 aromatic carbocycles. The van der Waals surface area contributed by atoms with Gasteiger partial charge in [-0.2, -0.15) is 0 Å². The third-order valence-corrected chi connectivity index (χ3v) is 4.38. The molecule has 0 aliphatic carbocycles. The van der Waals surface area contributed by atoms with Crippen LogP contribution in [-0.2, 0) is 0 Å². The van der Waals surface area contributed by atoms with Gasteiger partial charge in [-0.05, 0) is 25.5 Å². The van der Waals surface area contributed by atoms with E-state index in [4.69, 9.17) is 27.9 Å². The van der Waals surface area contributed by atoms with Crippen molar-refractivity contribution in [2.24, 2.45) is 0 Å². The average Bonchev–Trinajstić information content (AvgIpc) is 2.36. The molecule has 20 heavy (non-hydrogen) atoms. The lowest BCUT2D eigenvalue weighted by molar-refractivity contribution is -0.0835. The summed E-state index contributed by atoms with van der Waals surface area (Å²) in [6.07, 6.45) is 1.56. The third-order valence-electron chi connectivity index (χ3n) is 3.88. The molecule has 4 nitrogen and oxygen atoms in total. The first-order chi connectivity index (χ1) is 9.44. The molecule has 2 atom stereocenters. The van der Waals surface area contributed by atoms with Gasteiger partial charge in [0, 0.05) is 23.6 Å². The molecule has 1 fully saturated rings. The molecule has 6 heteroatoms. The normalized spacial score (nSPS) is 27.7. The Balaban J connectivity index is 2.08. The van der Waals surface area contributed by atoms with Crippen molar-refractivity contribution in [1.29, 1.82) is 0 Å². The maximum absolute atomic E-state index is 12.3. The summed E-state index contributed by atoms with van der Waals surface area (Å²) in [5.41, 5.74) is 0.192. The fourth-order valence-corrected chi connectivity index (χ4v) is 3.54. The van der Waals surface area contributed by atoms with E-state index in [9.17, 15) is 4.79 Å². The second-order valence-corrected chi connectivity index (χ2v) is 6.28. The SMILES string of the molecule is CCCN1C(=O)NC2CC1(C)Oc1c(Cl)cc(Cl)cc12. The molecular formula is C14H16Cl2N2O2. The van der Waals surface area contributed by atoms with Crippen LogP contribution in [0.15, 0.2) is 12.1 Å². The number of hydrogen-bond acceptors (Lipinski definition) is 2. The van der Waals surface area contributed by atoms with Crippen LogP contribution >= 0.6 is 23.2 Å². The molecule has 108 valence electrons. The molecule has 1 N–H and O–H groups in total. The molecule has 0 saturated carbocycles. The van der Waals surface area contributed by atoms with Crippen molar-refractivity contribution in [2.45, 2.75) is 38.5 Å². The first kappa shape index (κ1) is 13.8. The Kier molecular flexibility index (Phi) is 3.26. The fourth-order valence-electron chi connectivity index (χ4n) is 2.99. The van der Waals surface area contributed by atoms with Crippen molar-refractivity contribution in [3.8, 4) is 5.75 Å². The maximum Gasteiger partial charge on any atom is 0.320 e. The Labute approximate surface area is 128 Å². The van der Waals surface area contributed by atoms with E-state index < -0.39 is 5.72 Å². The summed E-state index contributed by atoms with van der Waals surface area (Å²) in [6, 6.07) is 3.26. The van der Waals surface area contributed by atoms with Gasteiger partial charge in [0.1, 0.15) is 5.75 Å². The minimum Gasteiger partial charge on any atom is -0.466 e. The van der Waals surface area contributed by atoms with Crippen molar-refractivity contribution < 1.29 is 9.53 Å². The molecule has 0 spiro atoms. The number of rotatable bonds is 2. The third kappa shape index (κ3) is 2.02. The van der Waals surface area contributed by atoms with Crippen LogP contribution in [0.3, 0.4) is 0 Å². The highest BCUT2D eigenvalue weighted by Gasteiger charge is 2.49. The van der Waals surface area contributed by atoms with Crippen molar-refractivity contribution in [1.82, 2.24) is 10.2 Å². The molecule has 2 unspecified atom stereocenters. The fraction of sp³-hybridized carbons (Fsp3) is 0.500. The molecule has 2 amide bonds. The number of fused-ring (bicyclic) bond motifs is 4. The van der Waals surface area contributed by atoms with Crippen LogP contribution in [0.1, 0.15) is 38.3 Å². The summed E-state index contributed by atoms with van der Waals surface area (Å²) >= 11 is 12.3. The summed E-state index contributed by atoms with van der Waals surface area (Å²) in [5, 5.41) is 4.04. The second-order valence-electron chi connectivity index (χ2n) is 5.44. The van der Waals surface area contributed by atoms with E-state index in [2.05, 4.69) is 5.32 Å². The lowest BCUT2D eigenvalue weighted by atomic mass is 9.90. The largest absolute Gasteiger partial charge is 0.466 e. The van der Waals surface area contributed by atoms with Gasteiger partial charge in [-0.3, -0.25) is 4.90 Å². The summed E-state index contributed by atoms with van der Waals surface area (Å²) in [6.45, 7) is 4.62. The van der Waals surface area contributed by atoms with Gasteiger partial charge in [0.05, 0.1) is 11.1 Å². The lowest BCUT2D eigenvalue weighted by Crippen LogP contribution is -2.64. The van der Waals surface area contributed by atoms with Gasteiger partial charge < -0.3 is 10.1 Å². The molecule has 0 aromatic heterocycles. The Hall–Kier alpha value is -1.13. The molecule has 2 aliphatic rings. The molecule has 2 aliphatic heterocycles. The Morgan fingerprint density at radius 1 is 1.50 bits per heavy atom. The summed E-state index contributed by atoms with van der Waals surface area (Å²) < 4.78 is 6.09. The number of carbonyl (C=O) groups excluding carboxylic acids is 1. The van der Waals surface area contributed by atoms with Crippen LogP contribution in [-0.4, -0.2) is 23.2 Å². The van der Waals surface area contributed by atoms with Gasteiger partial charge in [0.2, 0.25) is 0 Å². The molecule has 2 heterocycles. The van der Waals surface area contributed by atoms with Crippen LogP contribution in [0.25, 0.3) is 0 Å². The first-order valence-electron chi connectivity index (χ1n) is 6.70. The zero-order valence-corrected chi connectivity index (χ0v) is 12.9. The van der Waals surface area contributed by atoms with Crippen LogP contribution in [0, 0.1) is 0 Å². The van der Waals surface area contributed by atoms with E-state index in [0.717, 1.165) is 12.0 Å². The van der Waals surface area contributed by atoms with Crippen LogP contribution < -0.4 is 10.1 Å². The van der Waals surface area contributed by atoms with Crippen molar-refractivity contribution in [3.05, 3.63) is 27.7 Å². The zero-order chi connectivity index (χ0) is 14.5. The number of nitrogens with zero attached hydrogens (tertiary/aromatic N) is 1. The average molecular weight is 315 g/mol. The smallest absolute Gasteiger partial charge is 0.320 e. The number of ether oxygens (including phenoxy) is 1. The van der Waals surface area contributed by atoms with E-state index in [0.29, 0.717) is 28.8 Å². The van der Waals surface area contributed by atoms with E-state index in [-0.39, 0.29) is 12.1 Å². The van der Waals surface area contributed by atoms with Crippen molar-refractivity contribution >= 4 is 29.2 Å². The van der Waals surface area contributed by atoms with E-state index in [1.54, 1.807) is 11.0 Å². The number of amides is 2. The molecule has 0 radical (unpaired) electrons. The van der Waals surface area contributed by atoms with Gasteiger partial charge in [0.15, 0.2) is 5.72 Å². The standard InChI is InChI=1S/C14H16Cl2N2O2/c1-3-4-18-13(19)17-11-7-14(18,2)20-12-9(11)5-8(15)6-10(12)16/h5-6,11H,3-4,7H2,1-2H3,(H,17,19). The highest BCUT2D eigenvalue weighted by atomic mass is 35.5. The van der Waals surface area contributed by atoms with Gasteiger partial charge >= 0.3 is 6.03 Å². The highest BCUT2D eigenvalue weighted by Crippen LogP contribution is 2.47. The van der Waals surface area contributed by atoms with Gasteiger partial charge in [-0.15, -0.1) is 0 Å². The Morgan fingerprint density at radius 3 is 2.95 bits per heavy atom. The lowest BCUT2D eigenvalue weighted by Gasteiger charge is -2.50. The van der Waals surface area contributed by atoms with Crippen LogP contribution in [0.2, 0.25) is 10.0 Å². The minimum atomic E-state index is -0.659. The van der Waals surface area contributed by atoms with Crippen molar-refractivity contribution in [3.63, 3.8) is 0 Å². The highest BCUT2D eigenvalue weighted by molar-refractivity contribution is 6.35. The predicted octanol–water partition coefficient (Wildman–Crippen LogP) is 3.97. The molecular weight excluding hydrogens is 299 g/mol. The Morgan fingerprint density at radius 2 is 2.25 bits per heavy atom. The van der Waals surface area contributed by atoms with E-state index in [1.165, 1.54) is 0 Å². The van der Waals surface area contributed by atoms with Gasteiger partial charge in [-0.1, -0.05) is 30.1 Å². The molecule has 3 rings (SSSR count). The minimum absolute atomic E-state index is 0.104. The van der Waals surface area contributed by atoms with Gasteiger partial charge in [0.25, 0.3) is 0 Å². The Bertz CT molecular complexity index is 579. The van der Waals surface area contributed by atoms with Crippen LogP contribution in [0.5, 0.6) is 5.75 Å².